The number of rotatable bonds is 5. The van der Waals surface area contributed by atoms with Crippen molar-refractivity contribution in [2.75, 3.05) is 6.54 Å². The first-order valence-corrected chi connectivity index (χ1v) is 7.42. The second-order valence-electron chi connectivity index (χ2n) is 4.74. The molecule has 0 aliphatic heterocycles. The molecule has 1 atom stereocenters. The lowest BCUT2D eigenvalue weighted by Gasteiger charge is -2.19. The second kappa shape index (κ2) is 7.09. The lowest BCUT2D eigenvalue weighted by atomic mass is 9.98. The topological polar surface area (TPSA) is 12.0 Å². The molecule has 2 rings (SSSR count). The average molecular weight is 358 g/mol. The molecule has 0 saturated heterocycles. The summed E-state index contributed by atoms with van der Waals surface area (Å²) in [7, 11) is 0. The fourth-order valence-electron chi connectivity index (χ4n) is 2.29. The predicted molar refractivity (Wildman–Crippen MR) is 80.6 cm³/mol. The van der Waals surface area contributed by atoms with E-state index in [2.05, 4.69) is 21.2 Å². The Morgan fingerprint density at radius 2 is 1.90 bits per heavy atom. The molecule has 0 aromatic heterocycles. The van der Waals surface area contributed by atoms with Gasteiger partial charge in [0.2, 0.25) is 0 Å². The Labute approximate surface area is 130 Å². The third kappa shape index (κ3) is 4.08. The van der Waals surface area contributed by atoms with Crippen LogP contribution >= 0.6 is 15.9 Å². The van der Waals surface area contributed by atoms with Gasteiger partial charge >= 0.3 is 0 Å². The van der Waals surface area contributed by atoms with Crippen molar-refractivity contribution in [1.29, 1.82) is 0 Å². The molecule has 0 heterocycles. The van der Waals surface area contributed by atoms with E-state index in [0.29, 0.717) is 23.0 Å². The Hall–Kier alpha value is -1.33. The highest BCUT2D eigenvalue weighted by molar-refractivity contribution is 9.10. The van der Waals surface area contributed by atoms with E-state index in [1.54, 1.807) is 12.1 Å². The maximum atomic E-state index is 13.9. The SMILES string of the molecule is CCNC(Cc1cc(F)cc(Br)c1)c1cccc(F)c1F. The Kier molecular flexibility index (Phi) is 5.42. The van der Waals surface area contributed by atoms with Crippen LogP contribution in [0.5, 0.6) is 0 Å². The standard InChI is InChI=1S/C16H15BrF3N/c1-2-21-15(13-4-3-5-14(19)16(13)20)8-10-6-11(17)9-12(18)7-10/h3-7,9,15,21H,2,8H2,1H3. The zero-order chi connectivity index (χ0) is 15.4. The fraction of sp³-hybridized carbons (Fsp3) is 0.250. The largest absolute Gasteiger partial charge is 0.310 e. The van der Waals surface area contributed by atoms with E-state index in [0.717, 1.165) is 6.07 Å². The summed E-state index contributed by atoms with van der Waals surface area (Å²) in [4.78, 5) is 0. The number of nitrogens with one attached hydrogen (secondary N) is 1. The van der Waals surface area contributed by atoms with E-state index in [1.165, 1.54) is 18.2 Å². The number of halogens is 4. The summed E-state index contributed by atoms with van der Waals surface area (Å²) in [6.45, 7) is 2.48. The Balaban J connectivity index is 2.32. The third-order valence-electron chi connectivity index (χ3n) is 3.17. The lowest BCUT2D eigenvalue weighted by molar-refractivity contribution is 0.464. The van der Waals surface area contributed by atoms with Gasteiger partial charge < -0.3 is 5.32 Å². The van der Waals surface area contributed by atoms with Gasteiger partial charge in [-0.05, 0) is 42.8 Å². The van der Waals surface area contributed by atoms with Crippen LogP contribution in [0.2, 0.25) is 0 Å². The molecule has 1 nitrogen and oxygen atoms in total. The molecular weight excluding hydrogens is 343 g/mol. The van der Waals surface area contributed by atoms with Crippen molar-refractivity contribution in [3.63, 3.8) is 0 Å². The molecule has 0 aliphatic rings. The van der Waals surface area contributed by atoms with Crippen molar-refractivity contribution >= 4 is 15.9 Å². The fourth-order valence-corrected chi connectivity index (χ4v) is 2.81. The van der Waals surface area contributed by atoms with Crippen molar-refractivity contribution in [2.24, 2.45) is 0 Å². The van der Waals surface area contributed by atoms with E-state index < -0.39 is 17.7 Å². The summed E-state index contributed by atoms with van der Waals surface area (Å²) in [6.07, 6.45) is 0.366. The second-order valence-corrected chi connectivity index (χ2v) is 5.65. The summed E-state index contributed by atoms with van der Waals surface area (Å²) in [6, 6.07) is 8.20. The molecule has 112 valence electrons. The molecule has 0 fully saturated rings. The van der Waals surface area contributed by atoms with Crippen LogP contribution in [0.25, 0.3) is 0 Å². The molecule has 0 radical (unpaired) electrons. The molecule has 1 unspecified atom stereocenters. The molecule has 1 N–H and O–H groups in total. The number of benzene rings is 2. The molecule has 2 aromatic rings. The van der Waals surface area contributed by atoms with Crippen molar-refractivity contribution < 1.29 is 13.2 Å². The van der Waals surface area contributed by atoms with Crippen LogP contribution in [-0.2, 0) is 6.42 Å². The lowest BCUT2D eigenvalue weighted by Crippen LogP contribution is -2.24. The summed E-state index contributed by atoms with van der Waals surface area (Å²) in [5.41, 5.74) is 0.953. The molecule has 2 aromatic carbocycles. The van der Waals surface area contributed by atoms with Gasteiger partial charge in [-0.1, -0.05) is 35.0 Å². The summed E-state index contributed by atoms with van der Waals surface area (Å²) in [5, 5.41) is 3.11. The molecule has 5 heteroatoms. The molecule has 0 bridgehead atoms. The first-order chi connectivity index (χ1) is 10.0. The third-order valence-corrected chi connectivity index (χ3v) is 3.63. The van der Waals surface area contributed by atoms with Crippen molar-refractivity contribution in [1.82, 2.24) is 5.32 Å². The van der Waals surface area contributed by atoms with E-state index in [-0.39, 0.29) is 11.4 Å². The van der Waals surface area contributed by atoms with Gasteiger partial charge in [-0.3, -0.25) is 0 Å². The number of likely N-dealkylation sites (N-methyl/N-ethyl adjacent to an activating group) is 1. The Morgan fingerprint density at radius 3 is 2.57 bits per heavy atom. The highest BCUT2D eigenvalue weighted by atomic mass is 79.9. The zero-order valence-corrected chi connectivity index (χ0v) is 13.1. The highest BCUT2D eigenvalue weighted by Crippen LogP contribution is 2.25. The van der Waals surface area contributed by atoms with E-state index in [4.69, 9.17) is 0 Å². The van der Waals surface area contributed by atoms with Gasteiger partial charge in [0.1, 0.15) is 5.82 Å². The maximum Gasteiger partial charge on any atom is 0.163 e. The normalized spacial score (nSPS) is 12.4. The van der Waals surface area contributed by atoms with Gasteiger partial charge in [0.25, 0.3) is 0 Å². The Bertz CT molecular complexity index is 611. The van der Waals surface area contributed by atoms with E-state index in [1.807, 2.05) is 6.92 Å². The Morgan fingerprint density at radius 1 is 1.14 bits per heavy atom. The first-order valence-electron chi connectivity index (χ1n) is 6.63. The molecule has 0 spiro atoms. The van der Waals surface area contributed by atoms with Crippen LogP contribution in [0.3, 0.4) is 0 Å². The van der Waals surface area contributed by atoms with Crippen LogP contribution < -0.4 is 5.32 Å². The smallest absolute Gasteiger partial charge is 0.163 e. The van der Waals surface area contributed by atoms with Crippen LogP contribution in [0, 0.1) is 17.5 Å². The molecule has 0 amide bonds. The quantitative estimate of drug-likeness (QED) is 0.813. The van der Waals surface area contributed by atoms with E-state index >= 15 is 0 Å². The van der Waals surface area contributed by atoms with Crippen LogP contribution in [-0.4, -0.2) is 6.54 Å². The summed E-state index contributed by atoms with van der Waals surface area (Å²) >= 11 is 3.23. The molecule has 0 saturated carbocycles. The predicted octanol–water partition coefficient (Wildman–Crippen LogP) is 4.76. The van der Waals surface area contributed by atoms with Crippen molar-refractivity contribution in [3.05, 3.63) is 69.4 Å². The van der Waals surface area contributed by atoms with Gasteiger partial charge in [-0.15, -0.1) is 0 Å². The summed E-state index contributed by atoms with van der Waals surface area (Å²) < 4.78 is 41.4. The monoisotopic (exact) mass is 357 g/mol. The molecule has 21 heavy (non-hydrogen) atoms. The highest BCUT2D eigenvalue weighted by Gasteiger charge is 2.18. The van der Waals surface area contributed by atoms with Crippen LogP contribution in [0.15, 0.2) is 40.9 Å². The minimum atomic E-state index is -0.879. The van der Waals surface area contributed by atoms with Gasteiger partial charge in [0.05, 0.1) is 0 Å². The van der Waals surface area contributed by atoms with E-state index in [9.17, 15) is 13.2 Å². The zero-order valence-electron chi connectivity index (χ0n) is 11.5. The van der Waals surface area contributed by atoms with Gasteiger partial charge in [-0.25, -0.2) is 13.2 Å². The molecular formula is C16H15BrF3N. The van der Waals surface area contributed by atoms with Gasteiger partial charge in [0, 0.05) is 16.1 Å². The molecule has 0 aliphatic carbocycles. The minimum absolute atomic E-state index is 0.247. The minimum Gasteiger partial charge on any atom is -0.310 e. The van der Waals surface area contributed by atoms with Crippen molar-refractivity contribution in [2.45, 2.75) is 19.4 Å². The maximum absolute atomic E-state index is 13.9. The van der Waals surface area contributed by atoms with Crippen LogP contribution in [0.4, 0.5) is 13.2 Å². The first kappa shape index (κ1) is 16.0. The summed E-state index contributed by atoms with van der Waals surface area (Å²) in [5.74, 6) is -2.11. The van der Waals surface area contributed by atoms with Gasteiger partial charge in [-0.2, -0.15) is 0 Å². The average Bonchev–Trinajstić information content (AvgIpc) is 2.40. The number of hydrogen-bond acceptors (Lipinski definition) is 1. The number of hydrogen-bond donors (Lipinski definition) is 1. The van der Waals surface area contributed by atoms with Crippen LogP contribution in [0.1, 0.15) is 24.1 Å². The van der Waals surface area contributed by atoms with Crippen molar-refractivity contribution in [3.8, 4) is 0 Å². The van der Waals surface area contributed by atoms with Gasteiger partial charge in [0.15, 0.2) is 11.6 Å².